The van der Waals surface area contributed by atoms with E-state index in [-0.39, 0.29) is 17.3 Å². The van der Waals surface area contributed by atoms with E-state index in [1.54, 1.807) is 11.0 Å². The van der Waals surface area contributed by atoms with Gasteiger partial charge in [0.15, 0.2) is 5.25 Å². The molecule has 170 valence electrons. The Bertz CT molecular complexity index is 1100. The van der Waals surface area contributed by atoms with Crippen LogP contribution in [0.25, 0.3) is 0 Å². The topological polar surface area (TPSA) is 86.8 Å². The smallest absolute Gasteiger partial charge is 0.247 e. The number of amides is 2. The van der Waals surface area contributed by atoms with Crippen LogP contribution in [-0.2, 0) is 26.2 Å². The molecule has 0 aliphatic carbocycles. The SMILES string of the molecule is CN(Cc1ccccc1)S(=O)(=O)c1ccc2c(c1)NC(=O)C(C(=O)N1CCCCCC1)S2. The molecule has 0 aromatic heterocycles. The Morgan fingerprint density at radius 1 is 1.09 bits per heavy atom. The second-order valence-corrected chi connectivity index (χ2v) is 11.3. The number of sulfonamides is 1. The fraction of sp³-hybridized carbons (Fsp3) is 0.391. The molecule has 9 heteroatoms. The summed E-state index contributed by atoms with van der Waals surface area (Å²) in [7, 11) is -2.21. The van der Waals surface area contributed by atoms with Crippen molar-refractivity contribution in [2.45, 2.75) is 47.3 Å². The van der Waals surface area contributed by atoms with Crippen molar-refractivity contribution in [3.8, 4) is 0 Å². The normalized spacial score (nSPS) is 19.2. The number of nitrogens with one attached hydrogen (secondary N) is 1. The van der Waals surface area contributed by atoms with Gasteiger partial charge in [0.05, 0.1) is 10.6 Å². The van der Waals surface area contributed by atoms with Crippen LogP contribution in [0.4, 0.5) is 5.69 Å². The highest BCUT2D eigenvalue weighted by atomic mass is 32.2. The number of benzene rings is 2. The Hall–Kier alpha value is -2.36. The standard InChI is InChI=1S/C23H27N3O4S2/c1-25(16-17-9-5-4-6-10-17)32(29,30)18-11-12-20-19(15-18)24-22(27)21(31-20)23(28)26-13-7-2-3-8-14-26/h4-6,9-12,15,21H,2-3,7-8,13-14,16H2,1H3,(H,24,27). The van der Waals surface area contributed by atoms with E-state index in [1.807, 2.05) is 30.3 Å². The van der Waals surface area contributed by atoms with Crippen LogP contribution in [0.2, 0.25) is 0 Å². The molecule has 2 heterocycles. The number of carbonyl (C=O) groups excluding carboxylic acids is 2. The Morgan fingerprint density at radius 2 is 1.78 bits per heavy atom. The third kappa shape index (κ3) is 4.84. The highest BCUT2D eigenvalue weighted by Crippen LogP contribution is 2.38. The molecule has 0 bridgehead atoms. The molecule has 7 nitrogen and oxygen atoms in total. The zero-order chi connectivity index (χ0) is 22.7. The molecule has 2 amide bonds. The number of nitrogens with zero attached hydrogens (tertiary/aromatic N) is 2. The van der Waals surface area contributed by atoms with Gasteiger partial charge >= 0.3 is 0 Å². The Labute approximate surface area is 193 Å². The van der Waals surface area contributed by atoms with Crippen molar-refractivity contribution >= 4 is 39.3 Å². The van der Waals surface area contributed by atoms with Gasteiger partial charge in [-0.1, -0.05) is 43.2 Å². The first kappa shape index (κ1) is 22.8. The second kappa shape index (κ2) is 9.64. The van der Waals surface area contributed by atoms with E-state index in [9.17, 15) is 18.0 Å². The van der Waals surface area contributed by atoms with Crippen LogP contribution >= 0.6 is 11.8 Å². The predicted octanol–water partition coefficient (Wildman–Crippen LogP) is 3.32. The zero-order valence-corrected chi connectivity index (χ0v) is 19.6. The molecule has 1 fully saturated rings. The van der Waals surface area contributed by atoms with Crippen molar-refractivity contribution in [2.24, 2.45) is 0 Å². The van der Waals surface area contributed by atoms with E-state index in [2.05, 4.69) is 5.32 Å². The van der Waals surface area contributed by atoms with Gasteiger partial charge in [0.25, 0.3) is 0 Å². The van der Waals surface area contributed by atoms with Crippen LogP contribution in [0.1, 0.15) is 31.2 Å². The van der Waals surface area contributed by atoms with Gasteiger partial charge in [-0.25, -0.2) is 8.42 Å². The fourth-order valence-corrected chi connectivity index (χ4v) is 6.21. The maximum Gasteiger partial charge on any atom is 0.247 e. The first-order chi connectivity index (χ1) is 15.4. The number of fused-ring (bicyclic) bond motifs is 1. The molecule has 2 aromatic rings. The van der Waals surface area contributed by atoms with Crippen molar-refractivity contribution in [1.82, 2.24) is 9.21 Å². The molecule has 2 aromatic carbocycles. The fourth-order valence-electron chi connectivity index (χ4n) is 3.97. The summed E-state index contributed by atoms with van der Waals surface area (Å²) in [6.45, 7) is 1.61. The van der Waals surface area contributed by atoms with Crippen molar-refractivity contribution in [2.75, 3.05) is 25.5 Å². The van der Waals surface area contributed by atoms with Crippen LogP contribution in [0.5, 0.6) is 0 Å². The van der Waals surface area contributed by atoms with Crippen LogP contribution in [-0.4, -0.2) is 54.8 Å². The van der Waals surface area contributed by atoms with E-state index >= 15 is 0 Å². The van der Waals surface area contributed by atoms with Crippen molar-refractivity contribution < 1.29 is 18.0 Å². The Balaban J connectivity index is 1.51. The number of hydrogen-bond acceptors (Lipinski definition) is 5. The number of rotatable bonds is 5. The number of thioether (sulfide) groups is 1. The van der Waals surface area contributed by atoms with Gasteiger partial charge in [-0.2, -0.15) is 4.31 Å². The lowest BCUT2D eigenvalue weighted by molar-refractivity contribution is -0.133. The van der Waals surface area contributed by atoms with Gasteiger partial charge in [0.1, 0.15) is 0 Å². The summed E-state index contributed by atoms with van der Waals surface area (Å²) in [5.41, 5.74) is 1.31. The largest absolute Gasteiger partial charge is 0.341 e. The molecule has 32 heavy (non-hydrogen) atoms. The molecule has 2 aliphatic heterocycles. The second-order valence-electron chi connectivity index (χ2n) is 8.13. The zero-order valence-electron chi connectivity index (χ0n) is 18.0. The predicted molar refractivity (Wildman–Crippen MR) is 125 cm³/mol. The van der Waals surface area contributed by atoms with E-state index in [0.29, 0.717) is 23.7 Å². The lowest BCUT2D eigenvalue weighted by Crippen LogP contribution is -2.45. The monoisotopic (exact) mass is 473 g/mol. The summed E-state index contributed by atoms with van der Waals surface area (Å²) in [5.74, 6) is -0.566. The van der Waals surface area contributed by atoms with Crippen LogP contribution in [0, 0.1) is 0 Å². The lowest BCUT2D eigenvalue weighted by atomic mass is 10.2. The van der Waals surface area contributed by atoms with Crippen LogP contribution < -0.4 is 5.32 Å². The quantitative estimate of drug-likeness (QED) is 0.673. The van der Waals surface area contributed by atoms with E-state index in [4.69, 9.17) is 0 Å². The third-order valence-corrected chi connectivity index (χ3v) is 8.85. The molecule has 0 spiro atoms. The summed E-state index contributed by atoms with van der Waals surface area (Å²) in [4.78, 5) is 28.3. The first-order valence-electron chi connectivity index (χ1n) is 10.8. The van der Waals surface area contributed by atoms with Crippen molar-refractivity contribution in [3.05, 3.63) is 54.1 Å². The summed E-state index contributed by atoms with van der Waals surface area (Å²) >= 11 is 1.19. The highest BCUT2D eigenvalue weighted by Gasteiger charge is 2.36. The number of carbonyl (C=O) groups is 2. The highest BCUT2D eigenvalue weighted by molar-refractivity contribution is 8.01. The number of hydrogen-bond donors (Lipinski definition) is 1. The molecule has 1 unspecified atom stereocenters. The van der Waals surface area contributed by atoms with Crippen molar-refractivity contribution in [3.63, 3.8) is 0 Å². The summed E-state index contributed by atoms with van der Waals surface area (Å²) in [6.07, 6.45) is 4.12. The van der Waals surface area contributed by atoms with E-state index < -0.39 is 21.2 Å². The third-order valence-electron chi connectivity index (χ3n) is 5.79. The summed E-state index contributed by atoms with van der Waals surface area (Å²) in [5, 5.41) is 1.91. The average Bonchev–Trinajstić information content (AvgIpc) is 3.08. The van der Waals surface area contributed by atoms with Crippen LogP contribution in [0.3, 0.4) is 0 Å². The molecule has 4 rings (SSSR count). The van der Waals surface area contributed by atoms with E-state index in [1.165, 1.54) is 35.2 Å². The molecule has 0 saturated carbocycles. The molecule has 2 aliphatic rings. The first-order valence-corrected chi connectivity index (χ1v) is 13.1. The molecular weight excluding hydrogens is 446 g/mol. The van der Waals surface area contributed by atoms with Gasteiger partial charge < -0.3 is 10.2 Å². The minimum Gasteiger partial charge on any atom is -0.341 e. The lowest BCUT2D eigenvalue weighted by Gasteiger charge is -2.29. The van der Waals surface area contributed by atoms with Gasteiger partial charge in [-0.3, -0.25) is 9.59 Å². The molecule has 0 radical (unpaired) electrons. The number of anilines is 1. The summed E-state index contributed by atoms with van der Waals surface area (Å²) in [6, 6.07) is 14.0. The number of likely N-dealkylation sites (tertiary alicyclic amines) is 1. The molecule has 1 N–H and O–H groups in total. The summed E-state index contributed by atoms with van der Waals surface area (Å²) < 4.78 is 27.4. The van der Waals surface area contributed by atoms with Gasteiger partial charge in [0, 0.05) is 31.6 Å². The Morgan fingerprint density at radius 3 is 2.47 bits per heavy atom. The average molecular weight is 474 g/mol. The molecule has 1 atom stereocenters. The van der Waals surface area contributed by atoms with Gasteiger partial charge in [0.2, 0.25) is 21.8 Å². The minimum absolute atomic E-state index is 0.105. The van der Waals surface area contributed by atoms with E-state index in [0.717, 1.165) is 31.2 Å². The molecular formula is C23H27N3O4S2. The van der Waals surface area contributed by atoms with Crippen molar-refractivity contribution in [1.29, 1.82) is 0 Å². The van der Waals surface area contributed by atoms with Gasteiger partial charge in [-0.15, -0.1) is 11.8 Å². The maximum absolute atomic E-state index is 13.1. The van der Waals surface area contributed by atoms with Crippen LogP contribution in [0.15, 0.2) is 58.3 Å². The molecule has 1 saturated heterocycles. The van der Waals surface area contributed by atoms with Gasteiger partial charge in [-0.05, 0) is 36.6 Å². The minimum atomic E-state index is -3.74. The maximum atomic E-state index is 13.1. The Kier molecular flexibility index (Phi) is 6.88.